The Bertz CT molecular complexity index is 1030. The highest BCUT2D eigenvalue weighted by atomic mass is 32.2. The second kappa shape index (κ2) is 12.6. The van der Waals surface area contributed by atoms with Gasteiger partial charge in [-0.3, -0.25) is 0 Å². The van der Waals surface area contributed by atoms with Gasteiger partial charge in [-0.2, -0.15) is 8.78 Å². The molecular formula is C28H32F6OS2. The number of hydrogen-bond donors (Lipinski definition) is 0. The first-order chi connectivity index (χ1) is 17.6. The maximum absolute atomic E-state index is 14.5. The quantitative estimate of drug-likeness (QED) is 0.222. The van der Waals surface area contributed by atoms with Crippen LogP contribution < -0.4 is 4.74 Å². The lowest BCUT2D eigenvalue weighted by Gasteiger charge is -2.37. The van der Waals surface area contributed by atoms with E-state index in [0.29, 0.717) is 29.1 Å². The van der Waals surface area contributed by atoms with Crippen LogP contribution >= 0.6 is 23.5 Å². The molecular weight excluding hydrogens is 530 g/mol. The zero-order valence-electron chi connectivity index (χ0n) is 20.8. The van der Waals surface area contributed by atoms with Crippen LogP contribution in [0.15, 0.2) is 30.3 Å². The maximum Gasteiger partial charge on any atom is 0.397 e. The summed E-state index contributed by atoms with van der Waals surface area (Å²) in [6, 6.07) is 4.24. The van der Waals surface area contributed by atoms with Gasteiger partial charge >= 0.3 is 6.11 Å². The Kier molecular flexibility index (Phi) is 9.70. The average molecular weight is 563 g/mol. The van der Waals surface area contributed by atoms with Crippen molar-refractivity contribution < 1.29 is 31.1 Å². The lowest BCUT2D eigenvalue weighted by atomic mass is 9.80. The van der Waals surface area contributed by atoms with E-state index in [1.165, 1.54) is 24.3 Å². The topological polar surface area (TPSA) is 9.23 Å². The van der Waals surface area contributed by atoms with E-state index in [1.54, 1.807) is 0 Å². The third kappa shape index (κ3) is 7.55. The van der Waals surface area contributed by atoms with E-state index in [9.17, 15) is 26.3 Å². The van der Waals surface area contributed by atoms with E-state index in [-0.39, 0.29) is 22.8 Å². The highest BCUT2D eigenvalue weighted by Crippen LogP contribution is 2.46. The van der Waals surface area contributed by atoms with E-state index >= 15 is 0 Å². The van der Waals surface area contributed by atoms with Gasteiger partial charge in [0.1, 0.15) is 11.6 Å². The third-order valence-electron chi connectivity index (χ3n) is 7.31. The number of hydrogen-bond acceptors (Lipinski definition) is 3. The normalized spacial score (nSPS) is 24.7. The van der Waals surface area contributed by atoms with Gasteiger partial charge < -0.3 is 4.74 Å². The highest BCUT2D eigenvalue weighted by Gasteiger charge is 2.35. The smallest absolute Gasteiger partial charge is 0.397 e. The predicted molar refractivity (Wildman–Crippen MR) is 139 cm³/mol. The molecule has 0 unspecified atom stereocenters. The van der Waals surface area contributed by atoms with Gasteiger partial charge in [0.25, 0.3) is 0 Å². The molecule has 0 bridgehead atoms. The molecule has 0 radical (unpaired) electrons. The van der Waals surface area contributed by atoms with Crippen molar-refractivity contribution in [2.45, 2.75) is 69.0 Å². The zero-order chi connectivity index (χ0) is 26.6. The fraction of sp³-hybridized carbons (Fsp3) is 0.571. The molecule has 1 heterocycles. The maximum atomic E-state index is 14.5. The van der Waals surface area contributed by atoms with Crippen LogP contribution in [-0.2, 0) is 0 Å². The Morgan fingerprint density at radius 1 is 0.838 bits per heavy atom. The van der Waals surface area contributed by atoms with Crippen molar-refractivity contribution in [2.24, 2.45) is 17.8 Å². The summed E-state index contributed by atoms with van der Waals surface area (Å²) in [7, 11) is 0. The van der Waals surface area contributed by atoms with Gasteiger partial charge in [-0.15, -0.1) is 23.5 Å². The monoisotopic (exact) mass is 562 g/mol. The summed E-state index contributed by atoms with van der Waals surface area (Å²) < 4.78 is 89.2. The van der Waals surface area contributed by atoms with Crippen molar-refractivity contribution in [3.63, 3.8) is 0 Å². The Labute approximate surface area is 223 Å². The molecule has 37 heavy (non-hydrogen) atoms. The lowest BCUT2D eigenvalue weighted by Crippen LogP contribution is -2.29. The van der Waals surface area contributed by atoms with Crippen LogP contribution in [0.4, 0.5) is 26.3 Å². The number of rotatable bonds is 9. The Hall–Kier alpha value is -1.48. The lowest BCUT2D eigenvalue weighted by molar-refractivity contribution is -0.183. The van der Waals surface area contributed by atoms with Crippen LogP contribution in [0.2, 0.25) is 0 Å². The van der Waals surface area contributed by atoms with Crippen molar-refractivity contribution in [3.8, 4) is 16.9 Å². The fourth-order valence-corrected chi connectivity index (χ4v) is 8.84. The van der Waals surface area contributed by atoms with Gasteiger partial charge in [-0.1, -0.05) is 26.2 Å². The second-order valence-corrected chi connectivity index (χ2v) is 12.8. The summed E-state index contributed by atoms with van der Waals surface area (Å²) >= 11 is 4.16. The highest BCUT2D eigenvalue weighted by molar-refractivity contribution is 8.17. The van der Waals surface area contributed by atoms with Crippen molar-refractivity contribution in [3.05, 3.63) is 53.6 Å². The first-order valence-electron chi connectivity index (χ1n) is 12.9. The van der Waals surface area contributed by atoms with Gasteiger partial charge in [0, 0.05) is 11.6 Å². The number of alkyl halides is 2. The molecule has 0 spiro atoms. The summed E-state index contributed by atoms with van der Waals surface area (Å²) in [4.78, 5) is 0. The molecule has 0 atom stereocenters. The van der Waals surface area contributed by atoms with Crippen LogP contribution in [0.5, 0.6) is 5.75 Å². The molecule has 9 heteroatoms. The van der Waals surface area contributed by atoms with Crippen molar-refractivity contribution in [2.75, 3.05) is 11.5 Å². The molecule has 0 amide bonds. The third-order valence-corrected chi connectivity index (χ3v) is 10.9. The minimum atomic E-state index is -3.47. The molecule has 1 saturated heterocycles. The molecule has 1 saturated carbocycles. The molecule has 4 rings (SSSR count). The number of ether oxygens (including phenoxy) is 1. The summed E-state index contributed by atoms with van der Waals surface area (Å²) in [6.07, 6.45) is 2.92. The predicted octanol–water partition coefficient (Wildman–Crippen LogP) is 9.69. The van der Waals surface area contributed by atoms with Crippen molar-refractivity contribution >= 4 is 23.5 Å². The number of halogens is 6. The molecule has 2 aromatic carbocycles. The van der Waals surface area contributed by atoms with Crippen molar-refractivity contribution in [1.29, 1.82) is 0 Å². The standard InChI is InChI=1S/C28H32F6OS2/c1-2-3-18-15-36-27(37-16-18)19-6-4-17(5-7-19)10-11-28(33,34)35-21-8-9-22(23(29)14-21)20-12-24(30)26(32)25(31)13-20/h8-9,12-14,17-19,27H,2-7,10-11,15-16H2,1H3. The number of thioether (sulfide) groups is 2. The van der Waals surface area contributed by atoms with E-state index < -0.39 is 35.8 Å². The Morgan fingerprint density at radius 3 is 2.08 bits per heavy atom. The minimum absolute atomic E-state index is 0.222. The molecule has 2 fully saturated rings. The minimum Gasteiger partial charge on any atom is -0.432 e. The summed E-state index contributed by atoms with van der Waals surface area (Å²) in [5.74, 6) is -1.84. The molecule has 2 aromatic rings. The summed E-state index contributed by atoms with van der Waals surface area (Å²) in [5.41, 5.74) is -0.492. The summed E-state index contributed by atoms with van der Waals surface area (Å²) in [5, 5.41) is 0. The van der Waals surface area contributed by atoms with E-state index in [4.69, 9.17) is 4.74 Å². The SMILES string of the molecule is CCCC1CSC(C2CCC(CCC(F)(F)Oc3ccc(-c4cc(F)c(F)c(F)c4)c(F)c3)CC2)SC1. The van der Waals surface area contributed by atoms with Crippen LogP contribution in [0.1, 0.15) is 58.3 Å². The van der Waals surface area contributed by atoms with Gasteiger partial charge in [-0.05, 0) is 84.8 Å². The average Bonchev–Trinajstić information content (AvgIpc) is 2.87. The molecule has 1 aliphatic carbocycles. The number of benzene rings is 2. The van der Waals surface area contributed by atoms with Gasteiger partial charge in [-0.25, -0.2) is 17.6 Å². The molecule has 0 aromatic heterocycles. The first-order valence-corrected chi connectivity index (χ1v) is 15.0. The Balaban J connectivity index is 1.25. The van der Waals surface area contributed by atoms with E-state index in [1.807, 2.05) is 0 Å². The van der Waals surface area contributed by atoms with Gasteiger partial charge in [0.05, 0.1) is 11.0 Å². The van der Waals surface area contributed by atoms with Crippen LogP contribution in [0, 0.1) is 41.0 Å². The zero-order valence-corrected chi connectivity index (χ0v) is 22.4. The molecule has 0 N–H and O–H groups in total. The summed E-state index contributed by atoms with van der Waals surface area (Å²) in [6.45, 7) is 2.23. The molecule has 1 nitrogen and oxygen atoms in total. The van der Waals surface area contributed by atoms with Gasteiger partial charge in [0.2, 0.25) is 0 Å². The van der Waals surface area contributed by atoms with Crippen molar-refractivity contribution in [1.82, 2.24) is 0 Å². The first kappa shape index (κ1) is 28.5. The van der Waals surface area contributed by atoms with E-state index in [0.717, 1.165) is 49.8 Å². The molecule has 2 aliphatic rings. The second-order valence-electron chi connectivity index (χ2n) is 10.1. The largest absolute Gasteiger partial charge is 0.432 e. The fourth-order valence-electron chi connectivity index (χ4n) is 5.25. The van der Waals surface area contributed by atoms with Crippen LogP contribution in [-0.4, -0.2) is 22.2 Å². The van der Waals surface area contributed by atoms with Crippen LogP contribution in [0.3, 0.4) is 0 Å². The van der Waals surface area contributed by atoms with Gasteiger partial charge in [0.15, 0.2) is 17.5 Å². The van der Waals surface area contributed by atoms with Crippen LogP contribution in [0.25, 0.3) is 11.1 Å². The molecule has 204 valence electrons. The molecule has 1 aliphatic heterocycles. The van der Waals surface area contributed by atoms with E-state index in [2.05, 4.69) is 30.4 Å². The Morgan fingerprint density at radius 2 is 1.49 bits per heavy atom.